The Morgan fingerprint density at radius 2 is 2.06 bits per heavy atom. The van der Waals surface area contributed by atoms with Crippen LogP contribution in [0.3, 0.4) is 0 Å². The summed E-state index contributed by atoms with van der Waals surface area (Å²) in [5.74, 6) is -0.264. The predicted molar refractivity (Wildman–Crippen MR) is 69.8 cm³/mol. The minimum atomic E-state index is -1.51. The quantitative estimate of drug-likeness (QED) is 0.768. The molecule has 1 saturated heterocycles. The van der Waals surface area contributed by atoms with Gasteiger partial charge in [-0.25, -0.2) is 0 Å². The molecule has 18 heavy (non-hydrogen) atoms. The van der Waals surface area contributed by atoms with Gasteiger partial charge in [-0.2, -0.15) is 0 Å². The van der Waals surface area contributed by atoms with Crippen LogP contribution < -0.4 is 4.90 Å². The summed E-state index contributed by atoms with van der Waals surface area (Å²) in [5.41, 5.74) is -0.355. The van der Waals surface area contributed by atoms with E-state index >= 15 is 0 Å². The molecule has 1 aromatic carbocycles. The third-order valence-electron chi connectivity index (χ3n) is 4.37. The van der Waals surface area contributed by atoms with Crippen LogP contribution in [0.4, 0.5) is 5.69 Å². The summed E-state index contributed by atoms with van der Waals surface area (Å²) in [6.07, 6.45) is 0. The molecule has 5 heteroatoms. The number of likely N-dealkylation sites (tertiary alicyclic amines) is 1. The fourth-order valence-electron chi connectivity index (χ4n) is 3.36. The highest BCUT2D eigenvalue weighted by Gasteiger charge is 2.67. The Morgan fingerprint density at radius 3 is 2.72 bits per heavy atom. The van der Waals surface area contributed by atoms with Gasteiger partial charge < -0.3 is 14.9 Å². The second kappa shape index (κ2) is 3.19. The van der Waals surface area contributed by atoms with Crippen LogP contribution in [0.5, 0.6) is 0 Å². The van der Waals surface area contributed by atoms with E-state index in [1.165, 1.54) is 0 Å². The molecule has 96 valence electrons. The average Bonchev–Trinajstić information content (AvgIpc) is 2.60. The minimum Gasteiger partial charge on any atom is -0.362 e. The fraction of sp³-hybridized carbons (Fsp3) is 0.462. The van der Waals surface area contributed by atoms with Crippen LogP contribution in [0.25, 0.3) is 0 Å². The molecule has 2 atom stereocenters. The van der Waals surface area contributed by atoms with Gasteiger partial charge in [0.2, 0.25) is 5.72 Å². The number of benzene rings is 1. The van der Waals surface area contributed by atoms with Gasteiger partial charge in [-0.3, -0.25) is 4.79 Å². The van der Waals surface area contributed by atoms with Gasteiger partial charge in [-0.05, 0) is 30.7 Å². The van der Waals surface area contributed by atoms with Crippen molar-refractivity contribution in [3.63, 3.8) is 0 Å². The van der Waals surface area contributed by atoms with Gasteiger partial charge in [0, 0.05) is 31.4 Å². The molecule has 0 radical (unpaired) electrons. The van der Waals surface area contributed by atoms with Gasteiger partial charge in [-0.15, -0.1) is 0 Å². The summed E-state index contributed by atoms with van der Waals surface area (Å²) in [7, 11) is 3.46. The summed E-state index contributed by atoms with van der Waals surface area (Å²) in [6.45, 7) is 2.40. The zero-order valence-corrected chi connectivity index (χ0v) is 11.3. The maximum absolute atomic E-state index is 12.3. The topological polar surface area (TPSA) is 43.8 Å². The van der Waals surface area contributed by atoms with Gasteiger partial charge >= 0.3 is 0 Å². The smallest absolute Gasteiger partial charge is 0.276 e. The van der Waals surface area contributed by atoms with E-state index in [1.807, 2.05) is 19.1 Å². The van der Waals surface area contributed by atoms with E-state index in [2.05, 4.69) is 0 Å². The molecular weight excluding hydrogens is 252 g/mol. The summed E-state index contributed by atoms with van der Waals surface area (Å²) in [4.78, 5) is 15.5. The Morgan fingerprint density at radius 1 is 1.39 bits per heavy atom. The second-order valence-electron chi connectivity index (χ2n) is 5.39. The van der Waals surface area contributed by atoms with E-state index in [9.17, 15) is 9.90 Å². The van der Waals surface area contributed by atoms with Gasteiger partial charge in [0.15, 0.2) is 0 Å². The number of aliphatic hydroxyl groups is 1. The standard InChI is InChI=1S/C13H15ClN2O2/c1-12-7-15(2)11(17)13(12,18)16(3)10-5-4-8(14)6-9(10)12/h4-6,18H,7H2,1-3H3/t12-,13-/m0/s1. The van der Waals surface area contributed by atoms with Gasteiger partial charge in [0.1, 0.15) is 0 Å². The van der Waals surface area contributed by atoms with Crippen molar-refractivity contribution in [2.75, 3.05) is 25.5 Å². The third kappa shape index (κ3) is 1.04. The molecule has 0 spiro atoms. The lowest BCUT2D eigenvalue weighted by Gasteiger charge is -2.34. The van der Waals surface area contributed by atoms with Crippen LogP contribution in [0.2, 0.25) is 5.02 Å². The lowest BCUT2D eigenvalue weighted by atomic mass is 9.78. The number of hydrogen-bond donors (Lipinski definition) is 1. The number of anilines is 1. The van der Waals surface area contributed by atoms with E-state index in [0.29, 0.717) is 11.6 Å². The number of carbonyl (C=O) groups excluding carboxylic acids is 1. The highest BCUT2D eigenvalue weighted by Crippen LogP contribution is 2.54. The number of likely N-dealkylation sites (N-methyl/N-ethyl adjacent to an activating group) is 2. The zero-order valence-electron chi connectivity index (χ0n) is 10.6. The second-order valence-corrected chi connectivity index (χ2v) is 5.82. The Bertz CT molecular complexity index is 562. The van der Waals surface area contributed by atoms with Crippen molar-refractivity contribution in [2.45, 2.75) is 18.1 Å². The largest absolute Gasteiger partial charge is 0.362 e. The van der Waals surface area contributed by atoms with E-state index in [4.69, 9.17) is 11.6 Å². The van der Waals surface area contributed by atoms with E-state index in [-0.39, 0.29) is 5.91 Å². The molecule has 2 heterocycles. The molecule has 1 amide bonds. The predicted octanol–water partition coefficient (Wildman–Crippen LogP) is 1.21. The van der Waals surface area contributed by atoms with Crippen molar-refractivity contribution < 1.29 is 9.90 Å². The number of fused-ring (bicyclic) bond motifs is 3. The summed E-state index contributed by atoms with van der Waals surface area (Å²) in [5, 5.41) is 11.5. The van der Waals surface area contributed by atoms with Crippen LogP contribution in [-0.4, -0.2) is 42.3 Å². The van der Waals surface area contributed by atoms with E-state index < -0.39 is 11.1 Å². The third-order valence-corrected chi connectivity index (χ3v) is 4.60. The van der Waals surface area contributed by atoms with Gasteiger partial charge in [0.05, 0.1) is 5.41 Å². The van der Waals surface area contributed by atoms with Crippen molar-refractivity contribution in [2.24, 2.45) is 0 Å². The van der Waals surface area contributed by atoms with Crippen LogP contribution in [0.15, 0.2) is 18.2 Å². The summed E-state index contributed by atoms with van der Waals surface area (Å²) >= 11 is 6.04. The molecule has 1 N–H and O–H groups in total. The highest BCUT2D eigenvalue weighted by molar-refractivity contribution is 6.30. The van der Waals surface area contributed by atoms with E-state index in [1.54, 1.807) is 30.0 Å². The van der Waals surface area contributed by atoms with Crippen molar-refractivity contribution in [3.05, 3.63) is 28.8 Å². The first-order valence-corrected chi connectivity index (χ1v) is 6.22. The molecule has 0 aromatic heterocycles. The monoisotopic (exact) mass is 266 g/mol. The molecule has 0 unspecified atom stereocenters. The highest BCUT2D eigenvalue weighted by atomic mass is 35.5. The Labute approximate surface area is 111 Å². The molecule has 0 aliphatic carbocycles. The van der Waals surface area contributed by atoms with Crippen LogP contribution in [0, 0.1) is 0 Å². The van der Waals surface area contributed by atoms with Crippen molar-refractivity contribution >= 4 is 23.2 Å². The first-order valence-electron chi connectivity index (χ1n) is 5.84. The number of halogens is 1. The maximum Gasteiger partial charge on any atom is 0.276 e. The van der Waals surface area contributed by atoms with Crippen molar-refractivity contribution in [1.29, 1.82) is 0 Å². The molecule has 3 rings (SSSR count). The fourth-order valence-corrected chi connectivity index (χ4v) is 3.53. The summed E-state index contributed by atoms with van der Waals surface area (Å²) in [6, 6.07) is 5.48. The van der Waals surface area contributed by atoms with Gasteiger partial charge in [0.25, 0.3) is 5.91 Å². The molecule has 0 saturated carbocycles. The normalized spacial score (nSPS) is 33.9. The first-order chi connectivity index (χ1) is 8.32. The molecule has 0 bridgehead atoms. The van der Waals surface area contributed by atoms with Crippen molar-refractivity contribution in [3.8, 4) is 0 Å². The van der Waals surface area contributed by atoms with Crippen LogP contribution in [-0.2, 0) is 10.2 Å². The SMILES string of the molecule is CN1C[C@@]2(C)c3cc(Cl)ccc3N(C)[C@]2(O)C1=O. The number of carbonyl (C=O) groups is 1. The maximum atomic E-state index is 12.3. The lowest BCUT2D eigenvalue weighted by Crippen LogP contribution is -2.58. The molecule has 4 nitrogen and oxygen atoms in total. The Hall–Kier alpha value is -1.26. The summed E-state index contributed by atoms with van der Waals surface area (Å²) < 4.78 is 0. The Balaban J connectivity index is 2.30. The number of rotatable bonds is 0. The van der Waals surface area contributed by atoms with E-state index in [0.717, 1.165) is 11.3 Å². The zero-order chi connectivity index (χ0) is 13.3. The first kappa shape index (κ1) is 11.8. The molecule has 1 aromatic rings. The molecule has 1 fully saturated rings. The lowest BCUT2D eigenvalue weighted by molar-refractivity contribution is -0.143. The molecule has 2 aliphatic rings. The molecule has 2 aliphatic heterocycles. The number of nitrogens with zero attached hydrogens (tertiary/aromatic N) is 2. The number of hydrogen-bond acceptors (Lipinski definition) is 3. The minimum absolute atomic E-state index is 0.264. The molecular formula is C13H15ClN2O2. The van der Waals surface area contributed by atoms with Crippen molar-refractivity contribution in [1.82, 2.24) is 4.90 Å². The van der Waals surface area contributed by atoms with Crippen LogP contribution >= 0.6 is 11.6 Å². The average molecular weight is 267 g/mol. The van der Waals surface area contributed by atoms with Crippen LogP contribution in [0.1, 0.15) is 12.5 Å². The Kier molecular flexibility index (Phi) is 2.09. The number of amides is 1. The van der Waals surface area contributed by atoms with Gasteiger partial charge in [-0.1, -0.05) is 11.6 Å².